The second-order valence-corrected chi connectivity index (χ2v) is 6.48. The Bertz CT molecular complexity index is 924. The lowest BCUT2D eigenvalue weighted by atomic mass is 10.2. The highest BCUT2D eigenvalue weighted by Crippen LogP contribution is 2.39. The summed E-state index contributed by atoms with van der Waals surface area (Å²) in [6, 6.07) is -0.0151. The number of carboxylic acid groups (broad SMARTS) is 1. The lowest BCUT2D eigenvalue weighted by Gasteiger charge is -2.20. The van der Waals surface area contributed by atoms with Crippen LogP contribution in [-0.4, -0.2) is 39.9 Å². The van der Waals surface area contributed by atoms with E-state index in [9.17, 15) is 9.59 Å². The van der Waals surface area contributed by atoms with Gasteiger partial charge >= 0.3 is 6.16 Å². The molecule has 1 aliphatic carbocycles. The van der Waals surface area contributed by atoms with Crippen LogP contribution >= 0.6 is 0 Å². The smallest absolute Gasteiger partial charge is 0.449 e. The monoisotopic (exact) mass is 348 g/mol. The number of carbonyl (C=O) groups is 1. The first kappa shape index (κ1) is 15.8. The van der Waals surface area contributed by atoms with Crippen LogP contribution in [0.25, 0.3) is 10.9 Å². The van der Waals surface area contributed by atoms with Crippen LogP contribution < -0.4 is 20.8 Å². The molecule has 2 aliphatic rings. The minimum absolute atomic E-state index is 0.00963. The van der Waals surface area contributed by atoms with Crippen LogP contribution in [0.2, 0.25) is 0 Å². The number of rotatable bonds is 3. The minimum Gasteiger partial charge on any atom is -0.449 e. The predicted molar refractivity (Wildman–Crippen MR) is 87.7 cm³/mol. The normalized spacial score (nSPS) is 20.2. The highest BCUT2D eigenvalue weighted by atomic mass is 19.1. The molecule has 1 atom stereocenters. The average molecular weight is 348 g/mol. The van der Waals surface area contributed by atoms with Gasteiger partial charge in [-0.15, -0.1) is 0 Å². The van der Waals surface area contributed by atoms with E-state index in [1.807, 2.05) is 0 Å². The molecule has 0 spiro atoms. The fourth-order valence-electron chi connectivity index (χ4n) is 3.28. The summed E-state index contributed by atoms with van der Waals surface area (Å²) < 4.78 is 21.4. The number of hydrogen-bond acceptors (Lipinski definition) is 6. The number of aromatic nitrogens is 2. The third-order valence-electron chi connectivity index (χ3n) is 4.62. The van der Waals surface area contributed by atoms with Crippen molar-refractivity contribution in [2.45, 2.75) is 31.3 Å². The van der Waals surface area contributed by atoms with Crippen LogP contribution in [0.5, 0.6) is 5.75 Å². The topological polar surface area (TPSA) is 111 Å². The fourth-order valence-corrected chi connectivity index (χ4v) is 3.28. The Kier molecular flexibility index (Phi) is 3.60. The summed E-state index contributed by atoms with van der Waals surface area (Å²) in [7, 11) is 0. The molecule has 0 radical (unpaired) electrons. The first-order valence-electron chi connectivity index (χ1n) is 8.10. The Balaban J connectivity index is 1.92. The van der Waals surface area contributed by atoms with E-state index in [2.05, 4.69) is 9.72 Å². The van der Waals surface area contributed by atoms with E-state index >= 15 is 4.39 Å². The molecule has 3 N–H and O–H groups in total. The van der Waals surface area contributed by atoms with Gasteiger partial charge in [-0.05, 0) is 19.3 Å². The summed E-state index contributed by atoms with van der Waals surface area (Å²) in [5.41, 5.74) is 5.33. The molecule has 25 heavy (non-hydrogen) atoms. The van der Waals surface area contributed by atoms with E-state index < -0.39 is 17.4 Å². The van der Waals surface area contributed by atoms with Crippen molar-refractivity contribution in [1.29, 1.82) is 0 Å². The summed E-state index contributed by atoms with van der Waals surface area (Å²) in [5.74, 6) is -0.761. The second-order valence-electron chi connectivity index (χ2n) is 6.48. The summed E-state index contributed by atoms with van der Waals surface area (Å²) in [6.45, 7) is 1.10. The van der Waals surface area contributed by atoms with E-state index in [1.54, 1.807) is 9.47 Å². The van der Waals surface area contributed by atoms with Gasteiger partial charge in [-0.25, -0.2) is 14.2 Å². The highest BCUT2D eigenvalue weighted by molar-refractivity contribution is 5.83. The number of anilines is 1. The molecule has 9 heteroatoms. The molecule has 2 aromatic heterocycles. The van der Waals surface area contributed by atoms with E-state index in [-0.39, 0.29) is 34.6 Å². The molecule has 1 aliphatic heterocycles. The Morgan fingerprint density at radius 3 is 2.76 bits per heavy atom. The van der Waals surface area contributed by atoms with Crippen molar-refractivity contribution >= 4 is 22.9 Å². The maximum absolute atomic E-state index is 15.2. The lowest BCUT2D eigenvalue weighted by Crippen LogP contribution is -2.28. The first-order chi connectivity index (χ1) is 12.0. The molecule has 132 valence electrons. The van der Waals surface area contributed by atoms with E-state index in [0.717, 1.165) is 19.3 Å². The fraction of sp³-hybridized carbons (Fsp3) is 0.438. The number of fused-ring (bicyclic) bond motifs is 1. The van der Waals surface area contributed by atoms with Gasteiger partial charge in [-0.3, -0.25) is 4.79 Å². The number of nitrogens with zero attached hydrogens (tertiary/aromatic N) is 3. The zero-order chi connectivity index (χ0) is 17.7. The van der Waals surface area contributed by atoms with Crippen molar-refractivity contribution in [2.75, 3.05) is 18.0 Å². The quantitative estimate of drug-likeness (QED) is 0.808. The Hall–Kier alpha value is -2.68. The largest absolute Gasteiger partial charge is 0.511 e. The first-order valence-corrected chi connectivity index (χ1v) is 8.10. The minimum atomic E-state index is -1.59. The average Bonchev–Trinajstić information content (AvgIpc) is 3.31. The molecule has 0 bridgehead atoms. The number of halogens is 1. The number of pyridine rings is 2. The van der Waals surface area contributed by atoms with Crippen molar-refractivity contribution < 1.29 is 19.0 Å². The van der Waals surface area contributed by atoms with Gasteiger partial charge in [0, 0.05) is 31.4 Å². The molecule has 1 saturated heterocycles. The number of hydrogen-bond donors (Lipinski definition) is 2. The molecule has 4 rings (SSSR count). The van der Waals surface area contributed by atoms with Crippen molar-refractivity contribution in [2.24, 2.45) is 5.73 Å². The number of ether oxygens (including phenoxy) is 1. The lowest BCUT2D eigenvalue weighted by molar-refractivity contribution is 0.143. The molecule has 3 heterocycles. The molecule has 0 amide bonds. The van der Waals surface area contributed by atoms with Crippen LogP contribution in [0.1, 0.15) is 25.3 Å². The van der Waals surface area contributed by atoms with Gasteiger partial charge in [0.05, 0.1) is 17.1 Å². The van der Waals surface area contributed by atoms with Gasteiger partial charge in [0.25, 0.3) is 0 Å². The highest BCUT2D eigenvalue weighted by Gasteiger charge is 2.30. The van der Waals surface area contributed by atoms with Gasteiger partial charge in [0.2, 0.25) is 5.43 Å². The molecular weight excluding hydrogens is 331 g/mol. The van der Waals surface area contributed by atoms with E-state index in [1.165, 1.54) is 12.4 Å². The molecule has 1 saturated carbocycles. The standard InChI is InChI=1S/C16H17FN4O4/c17-12-13-10(5-19-15(12)20-4-3-8(18)6-20)14(22)11(25-16(23)24)7-21(13)9-1-2-9/h5,7-9H,1-4,6,18H2,(H,23,24). The SMILES string of the molecule is NC1CCN(c2ncc3c(=O)c(OC(=O)O)cn(C4CC4)c3c2F)C1. The van der Waals surface area contributed by atoms with E-state index in [4.69, 9.17) is 10.8 Å². The molecule has 2 fully saturated rings. The Labute approximate surface area is 141 Å². The molecule has 2 aromatic rings. The van der Waals surface area contributed by atoms with Crippen LogP contribution in [0.15, 0.2) is 17.2 Å². The van der Waals surface area contributed by atoms with Gasteiger partial charge in [-0.1, -0.05) is 0 Å². The van der Waals surface area contributed by atoms with Gasteiger partial charge in [-0.2, -0.15) is 0 Å². The number of nitrogens with two attached hydrogens (primary N) is 1. The van der Waals surface area contributed by atoms with Crippen LogP contribution in [-0.2, 0) is 0 Å². The molecular formula is C16H17FN4O4. The van der Waals surface area contributed by atoms with Crippen LogP contribution in [0.4, 0.5) is 15.0 Å². The zero-order valence-electron chi connectivity index (χ0n) is 13.3. The summed E-state index contributed by atoms with van der Waals surface area (Å²) >= 11 is 0. The van der Waals surface area contributed by atoms with Gasteiger partial charge in [0.15, 0.2) is 17.4 Å². The maximum Gasteiger partial charge on any atom is 0.511 e. The maximum atomic E-state index is 15.2. The van der Waals surface area contributed by atoms with Crippen molar-refractivity contribution in [3.63, 3.8) is 0 Å². The molecule has 8 nitrogen and oxygen atoms in total. The zero-order valence-corrected chi connectivity index (χ0v) is 13.3. The van der Waals surface area contributed by atoms with Gasteiger partial charge in [0.1, 0.15) is 0 Å². The van der Waals surface area contributed by atoms with Crippen LogP contribution in [0, 0.1) is 5.82 Å². The van der Waals surface area contributed by atoms with Crippen molar-refractivity contribution in [3.05, 3.63) is 28.4 Å². The van der Waals surface area contributed by atoms with Crippen molar-refractivity contribution in [3.8, 4) is 5.75 Å². The van der Waals surface area contributed by atoms with Gasteiger partial charge < -0.3 is 25.0 Å². The predicted octanol–water partition coefficient (Wildman–Crippen LogP) is 1.46. The third-order valence-corrected chi connectivity index (χ3v) is 4.62. The van der Waals surface area contributed by atoms with Crippen molar-refractivity contribution in [1.82, 2.24) is 9.55 Å². The third kappa shape index (κ3) is 2.70. The van der Waals surface area contributed by atoms with Crippen LogP contribution in [0.3, 0.4) is 0 Å². The Morgan fingerprint density at radius 1 is 1.40 bits per heavy atom. The molecule has 0 aromatic carbocycles. The van der Waals surface area contributed by atoms with E-state index in [0.29, 0.717) is 13.1 Å². The second kappa shape index (κ2) is 5.69. The summed E-state index contributed by atoms with van der Waals surface area (Å²) in [6.07, 6.45) is 3.38. The molecule has 1 unspecified atom stereocenters. The summed E-state index contributed by atoms with van der Waals surface area (Å²) in [4.78, 5) is 29.1. The summed E-state index contributed by atoms with van der Waals surface area (Å²) in [5, 5.41) is 8.81. The Morgan fingerprint density at radius 2 is 2.16 bits per heavy atom.